The van der Waals surface area contributed by atoms with Gasteiger partial charge < -0.3 is 5.32 Å². The lowest BCUT2D eigenvalue weighted by molar-refractivity contribution is 0.129. The lowest BCUT2D eigenvalue weighted by Crippen LogP contribution is -2.42. The van der Waals surface area contributed by atoms with Crippen molar-refractivity contribution in [2.24, 2.45) is 11.3 Å². The average Bonchev–Trinajstić information content (AvgIpc) is 2.28. The normalized spacial score (nSPS) is 17.5. The molecule has 0 amide bonds. The summed E-state index contributed by atoms with van der Waals surface area (Å²) in [7, 11) is 0. The van der Waals surface area contributed by atoms with Gasteiger partial charge in [-0.2, -0.15) is 0 Å². The van der Waals surface area contributed by atoms with Crippen LogP contribution in [0.25, 0.3) is 0 Å². The first-order valence-electron chi connectivity index (χ1n) is 7.46. The molecule has 0 atom stereocenters. The Bertz CT molecular complexity index is 421. The summed E-state index contributed by atoms with van der Waals surface area (Å²) in [5, 5.41) is 4.58. The maximum Gasteiger partial charge on any atom is 0.0440 e. The number of hydrogen-bond donors (Lipinski definition) is 1. The molecule has 2 heteroatoms. The van der Waals surface area contributed by atoms with E-state index in [1.165, 1.54) is 30.4 Å². The van der Waals surface area contributed by atoms with Crippen molar-refractivity contribution >= 4 is 11.6 Å². The maximum atomic E-state index is 6.38. The van der Waals surface area contributed by atoms with Crippen molar-refractivity contribution in [3.05, 3.63) is 34.3 Å². The second-order valence-corrected chi connectivity index (χ2v) is 7.06. The molecule has 0 unspecified atom stereocenters. The first kappa shape index (κ1) is 14.9. The fourth-order valence-electron chi connectivity index (χ4n) is 2.92. The van der Waals surface area contributed by atoms with Crippen molar-refractivity contribution in [1.82, 2.24) is 5.32 Å². The summed E-state index contributed by atoms with van der Waals surface area (Å²) in [5.41, 5.74) is 3.01. The molecule has 1 N–H and O–H groups in total. The Balaban J connectivity index is 1.98. The first-order valence-corrected chi connectivity index (χ1v) is 7.84. The number of nitrogens with one attached hydrogen (secondary N) is 1. The standard InChI is InChI=1S/C17H26ClN/c1-13(2)11-19-12-17(7-4-8-17)10-15-6-5-14(3)9-16(15)18/h5-6,9,13,19H,4,7-8,10-12H2,1-3H3. The lowest BCUT2D eigenvalue weighted by atomic mass is 9.65. The van der Waals surface area contributed by atoms with Crippen molar-refractivity contribution in [2.45, 2.75) is 46.5 Å². The van der Waals surface area contributed by atoms with Gasteiger partial charge in [-0.15, -0.1) is 0 Å². The number of aryl methyl sites for hydroxylation is 1. The Hall–Kier alpha value is -0.530. The minimum atomic E-state index is 0.452. The third-order valence-electron chi connectivity index (χ3n) is 4.24. The monoisotopic (exact) mass is 279 g/mol. The van der Waals surface area contributed by atoms with E-state index in [9.17, 15) is 0 Å². The Morgan fingerprint density at radius 3 is 2.58 bits per heavy atom. The van der Waals surface area contributed by atoms with Crippen LogP contribution in [0, 0.1) is 18.3 Å². The Morgan fingerprint density at radius 1 is 1.32 bits per heavy atom. The van der Waals surface area contributed by atoms with Crippen LogP contribution < -0.4 is 5.32 Å². The molecule has 106 valence electrons. The fourth-order valence-corrected chi connectivity index (χ4v) is 3.22. The van der Waals surface area contributed by atoms with E-state index in [1.807, 2.05) is 0 Å². The molecule has 1 aliphatic rings. The van der Waals surface area contributed by atoms with Gasteiger partial charge in [0.25, 0.3) is 0 Å². The fraction of sp³-hybridized carbons (Fsp3) is 0.647. The third kappa shape index (κ3) is 3.97. The number of hydrogen-bond acceptors (Lipinski definition) is 1. The van der Waals surface area contributed by atoms with Crippen molar-refractivity contribution in [3.63, 3.8) is 0 Å². The highest BCUT2D eigenvalue weighted by atomic mass is 35.5. The Morgan fingerprint density at radius 2 is 2.05 bits per heavy atom. The van der Waals surface area contributed by atoms with Gasteiger partial charge in [0.1, 0.15) is 0 Å². The van der Waals surface area contributed by atoms with Crippen LogP contribution >= 0.6 is 11.6 Å². The van der Waals surface area contributed by atoms with Gasteiger partial charge in [-0.1, -0.05) is 44.0 Å². The van der Waals surface area contributed by atoms with Gasteiger partial charge in [0.05, 0.1) is 0 Å². The zero-order valence-corrected chi connectivity index (χ0v) is 13.2. The molecule has 0 spiro atoms. The second kappa shape index (κ2) is 6.28. The molecule has 2 rings (SSSR count). The summed E-state index contributed by atoms with van der Waals surface area (Å²) in [6.07, 6.45) is 5.16. The van der Waals surface area contributed by atoms with E-state index in [0.29, 0.717) is 5.41 Å². The number of benzene rings is 1. The molecule has 0 bridgehead atoms. The van der Waals surface area contributed by atoms with Gasteiger partial charge in [-0.25, -0.2) is 0 Å². The first-order chi connectivity index (χ1) is 9.01. The predicted octanol–water partition coefficient (Wildman–Crippen LogP) is 4.61. The van der Waals surface area contributed by atoms with E-state index in [1.54, 1.807) is 0 Å². The molecule has 1 fully saturated rings. The highest BCUT2D eigenvalue weighted by Gasteiger charge is 2.36. The summed E-state index contributed by atoms with van der Waals surface area (Å²) >= 11 is 6.38. The molecule has 0 radical (unpaired) electrons. The summed E-state index contributed by atoms with van der Waals surface area (Å²) in [4.78, 5) is 0. The molecule has 0 saturated heterocycles. The molecule has 0 heterocycles. The van der Waals surface area contributed by atoms with Gasteiger partial charge in [0.15, 0.2) is 0 Å². The highest BCUT2D eigenvalue weighted by molar-refractivity contribution is 6.31. The largest absolute Gasteiger partial charge is 0.316 e. The summed E-state index contributed by atoms with van der Waals surface area (Å²) in [6, 6.07) is 6.47. The SMILES string of the molecule is Cc1ccc(CC2(CNCC(C)C)CCC2)c(Cl)c1. The molecule has 1 aliphatic carbocycles. The van der Waals surface area contributed by atoms with Crippen LogP contribution in [0.4, 0.5) is 0 Å². The van der Waals surface area contributed by atoms with Gasteiger partial charge >= 0.3 is 0 Å². The minimum absolute atomic E-state index is 0.452. The van der Waals surface area contributed by atoms with Crippen molar-refractivity contribution in [3.8, 4) is 0 Å². The topological polar surface area (TPSA) is 12.0 Å². The molecular weight excluding hydrogens is 254 g/mol. The van der Waals surface area contributed by atoms with Gasteiger partial charge in [0.2, 0.25) is 0 Å². The zero-order chi connectivity index (χ0) is 13.9. The Kier molecular flexibility index (Phi) is 4.92. The molecule has 0 aromatic heterocycles. The molecule has 0 aliphatic heterocycles. The van der Waals surface area contributed by atoms with E-state index >= 15 is 0 Å². The van der Waals surface area contributed by atoms with Gasteiger partial charge in [-0.3, -0.25) is 0 Å². The van der Waals surface area contributed by atoms with Crippen LogP contribution in [0.5, 0.6) is 0 Å². The quantitative estimate of drug-likeness (QED) is 0.802. The lowest BCUT2D eigenvalue weighted by Gasteiger charge is -2.43. The van der Waals surface area contributed by atoms with Gasteiger partial charge in [-0.05, 0) is 61.3 Å². The molecule has 1 aromatic carbocycles. The van der Waals surface area contributed by atoms with Crippen LogP contribution in [-0.2, 0) is 6.42 Å². The summed E-state index contributed by atoms with van der Waals surface area (Å²) < 4.78 is 0. The second-order valence-electron chi connectivity index (χ2n) is 6.65. The minimum Gasteiger partial charge on any atom is -0.316 e. The van der Waals surface area contributed by atoms with Crippen LogP contribution in [0.2, 0.25) is 5.02 Å². The van der Waals surface area contributed by atoms with E-state index in [4.69, 9.17) is 11.6 Å². The van der Waals surface area contributed by atoms with Crippen molar-refractivity contribution in [2.75, 3.05) is 13.1 Å². The van der Waals surface area contributed by atoms with E-state index in [2.05, 4.69) is 44.3 Å². The maximum absolute atomic E-state index is 6.38. The molecular formula is C17H26ClN. The van der Waals surface area contributed by atoms with Crippen LogP contribution in [0.3, 0.4) is 0 Å². The van der Waals surface area contributed by atoms with Crippen molar-refractivity contribution in [1.29, 1.82) is 0 Å². The number of halogens is 1. The molecule has 1 aromatic rings. The van der Waals surface area contributed by atoms with Gasteiger partial charge in [0, 0.05) is 11.6 Å². The van der Waals surface area contributed by atoms with Crippen LogP contribution in [0.1, 0.15) is 44.2 Å². The highest BCUT2D eigenvalue weighted by Crippen LogP contribution is 2.44. The third-order valence-corrected chi connectivity index (χ3v) is 4.59. The molecule has 19 heavy (non-hydrogen) atoms. The number of rotatable bonds is 6. The van der Waals surface area contributed by atoms with E-state index < -0.39 is 0 Å². The Labute approximate surface area is 122 Å². The summed E-state index contributed by atoms with van der Waals surface area (Å²) in [5.74, 6) is 0.722. The smallest absolute Gasteiger partial charge is 0.0440 e. The average molecular weight is 280 g/mol. The van der Waals surface area contributed by atoms with E-state index in [0.717, 1.165) is 30.5 Å². The molecule has 1 nitrogen and oxygen atoms in total. The van der Waals surface area contributed by atoms with Crippen molar-refractivity contribution < 1.29 is 0 Å². The predicted molar refractivity (Wildman–Crippen MR) is 83.9 cm³/mol. The van der Waals surface area contributed by atoms with Crippen LogP contribution in [0.15, 0.2) is 18.2 Å². The van der Waals surface area contributed by atoms with Crippen LogP contribution in [-0.4, -0.2) is 13.1 Å². The zero-order valence-electron chi connectivity index (χ0n) is 12.4. The molecule has 1 saturated carbocycles. The summed E-state index contributed by atoms with van der Waals surface area (Å²) in [6.45, 7) is 8.87. The van der Waals surface area contributed by atoms with E-state index in [-0.39, 0.29) is 0 Å².